The van der Waals surface area contributed by atoms with Crippen LogP contribution in [0.1, 0.15) is 0 Å². The van der Waals surface area contributed by atoms with Crippen molar-refractivity contribution in [3.8, 4) is 11.1 Å². The van der Waals surface area contributed by atoms with Crippen LogP contribution in [0, 0.1) is 10.1 Å². The molecule has 23 heavy (non-hydrogen) atoms. The third-order valence-electron chi connectivity index (χ3n) is 3.48. The van der Waals surface area contributed by atoms with E-state index in [9.17, 15) is 14.9 Å². The molecule has 0 aliphatic rings. The molecule has 0 saturated heterocycles. The summed E-state index contributed by atoms with van der Waals surface area (Å²) >= 11 is 1.39. The number of non-ortho nitro benzene ring substituents is 1. The number of hydrogen-bond acceptors (Lipinski definition) is 6. The van der Waals surface area contributed by atoms with Gasteiger partial charge in [-0.3, -0.25) is 19.5 Å². The third kappa shape index (κ3) is 2.68. The number of pyridine rings is 1. The third-order valence-corrected chi connectivity index (χ3v) is 4.04. The molecule has 2 heterocycles. The molecule has 0 aliphatic carbocycles. The highest BCUT2D eigenvalue weighted by Crippen LogP contribution is 2.24. The number of nitrogens with zero attached hydrogens (tertiary/aromatic N) is 4. The van der Waals surface area contributed by atoms with Crippen molar-refractivity contribution in [1.82, 2.24) is 14.5 Å². The van der Waals surface area contributed by atoms with E-state index in [1.807, 2.05) is 6.26 Å². The lowest BCUT2D eigenvalue weighted by atomic mass is 10.1. The molecule has 0 aliphatic heterocycles. The number of aryl methyl sites for hydroxylation is 1. The van der Waals surface area contributed by atoms with Crippen molar-refractivity contribution in [2.45, 2.75) is 5.16 Å². The average molecular weight is 328 g/mol. The maximum Gasteiger partial charge on any atom is 0.270 e. The van der Waals surface area contributed by atoms with Crippen LogP contribution in [-0.4, -0.2) is 25.7 Å². The van der Waals surface area contributed by atoms with Gasteiger partial charge >= 0.3 is 0 Å². The molecule has 3 rings (SSSR count). The second kappa shape index (κ2) is 5.81. The molecule has 116 valence electrons. The van der Waals surface area contributed by atoms with Crippen LogP contribution < -0.4 is 5.56 Å². The van der Waals surface area contributed by atoms with Crippen LogP contribution in [0.4, 0.5) is 5.69 Å². The van der Waals surface area contributed by atoms with Gasteiger partial charge in [-0.1, -0.05) is 23.9 Å². The average Bonchev–Trinajstić information content (AvgIpc) is 2.57. The maximum absolute atomic E-state index is 12.6. The SMILES string of the molecule is CSc1ncc2cc(-c3cccc([N+](=O)[O-])c3)c(=O)n(C)c2n1. The predicted molar refractivity (Wildman–Crippen MR) is 88.7 cm³/mol. The molecule has 3 aromatic rings. The Morgan fingerprint density at radius 1 is 1.30 bits per heavy atom. The number of thioether (sulfide) groups is 1. The molecule has 1 aromatic carbocycles. The summed E-state index contributed by atoms with van der Waals surface area (Å²) < 4.78 is 1.44. The lowest BCUT2D eigenvalue weighted by molar-refractivity contribution is -0.384. The quantitative estimate of drug-likeness (QED) is 0.318. The Morgan fingerprint density at radius 2 is 2.09 bits per heavy atom. The monoisotopic (exact) mass is 328 g/mol. The second-order valence-corrected chi connectivity index (χ2v) is 5.64. The smallest absolute Gasteiger partial charge is 0.270 e. The van der Waals surface area contributed by atoms with Gasteiger partial charge < -0.3 is 0 Å². The molecule has 2 aromatic heterocycles. The maximum atomic E-state index is 12.6. The number of nitro benzene ring substituents is 1. The standard InChI is InChI=1S/C15H12N4O3S/c1-18-13-10(8-16-15(17-13)23-2)7-12(14(18)20)9-4-3-5-11(6-9)19(21)22/h3-8H,1-2H3. The summed E-state index contributed by atoms with van der Waals surface area (Å²) in [5.41, 5.74) is 1.09. The fourth-order valence-corrected chi connectivity index (χ4v) is 2.66. The zero-order valence-electron chi connectivity index (χ0n) is 12.4. The van der Waals surface area contributed by atoms with E-state index < -0.39 is 4.92 Å². The minimum atomic E-state index is -0.483. The van der Waals surface area contributed by atoms with Crippen molar-refractivity contribution in [2.24, 2.45) is 7.05 Å². The Balaban J connectivity index is 2.27. The molecule has 8 heteroatoms. The number of rotatable bonds is 3. The van der Waals surface area contributed by atoms with Gasteiger partial charge in [0.1, 0.15) is 5.65 Å². The Morgan fingerprint density at radius 3 is 2.78 bits per heavy atom. The molecule has 0 fully saturated rings. The van der Waals surface area contributed by atoms with E-state index in [0.29, 0.717) is 27.3 Å². The molecule has 0 spiro atoms. The predicted octanol–water partition coefficient (Wildman–Crippen LogP) is 2.63. The molecule has 0 amide bonds. The summed E-state index contributed by atoms with van der Waals surface area (Å²) in [6.45, 7) is 0. The first-order valence-corrected chi connectivity index (χ1v) is 7.89. The van der Waals surface area contributed by atoms with E-state index in [1.54, 1.807) is 31.4 Å². The second-order valence-electron chi connectivity index (χ2n) is 4.87. The van der Waals surface area contributed by atoms with Gasteiger partial charge in [0, 0.05) is 36.3 Å². The van der Waals surface area contributed by atoms with E-state index >= 15 is 0 Å². The number of hydrogen-bond donors (Lipinski definition) is 0. The lowest BCUT2D eigenvalue weighted by Crippen LogP contribution is -2.20. The Hall–Kier alpha value is -2.74. The molecule has 0 bridgehead atoms. The Labute approximate surface area is 135 Å². The minimum Gasteiger partial charge on any atom is -0.295 e. The molecular weight excluding hydrogens is 316 g/mol. The topological polar surface area (TPSA) is 90.9 Å². The van der Waals surface area contributed by atoms with E-state index in [4.69, 9.17) is 0 Å². The first-order valence-electron chi connectivity index (χ1n) is 6.67. The fourth-order valence-electron chi connectivity index (χ4n) is 2.32. The van der Waals surface area contributed by atoms with Crippen molar-refractivity contribution in [3.63, 3.8) is 0 Å². The van der Waals surface area contributed by atoms with Crippen LogP contribution in [0.25, 0.3) is 22.2 Å². The van der Waals surface area contributed by atoms with E-state index in [2.05, 4.69) is 9.97 Å². The normalized spacial score (nSPS) is 10.9. The Kier molecular flexibility index (Phi) is 3.83. The fraction of sp³-hybridized carbons (Fsp3) is 0.133. The van der Waals surface area contributed by atoms with Crippen molar-refractivity contribution >= 4 is 28.5 Å². The number of aromatic nitrogens is 3. The summed E-state index contributed by atoms with van der Waals surface area (Å²) in [5, 5.41) is 12.2. The molecule has 0 saturated carbocycles. The molecule has 7 nitrogen and oxygen atoms in total. The lowest BCUT2D eigenvalue weighted by Gasteiger charge is -2.08. The van der Waals surface area contributed by atoms with Crippen molar-refractivity contribution in [2.75, 3.05) is 6.26 Å². The van der Waals surface area contributed by atoms with E-state index in [-0.39, 0.29) is 11.2 Å². The van der Waals surface area contributed by atoms with E-state index in [0.717, 1.165) is 0 Å². The summed E-state index contributed by atoms with van der Waals surface area (Å²) in [7, 11) is 1.63. The highest BCUT2D eigenvalue weighted by atomic mass is 32.2. The van der Waals surface area contributed by atoms with E-state index in [1.165, 1.54) is 28.5 Å². The number of fused-ring (bicyclic) bond motifs is 1. The van der Waals surface area contributed by atoms with Gasteiger partial charge in [-0.2, -0.15) is 0 Å². The number of benzene rings is 1. The number of nitro groups is 1. The molecule has 0 atom stereocenters. The summed E-state index contributed by atoms with van der Waals surface area (Å²) in [5.74, 6) is 0. The first kappa shape index (κ1) is 15.2. The molecule has 0 radical (unpaired) electrons. The largest absolute Gasteiger partial charge is 0.295 e. The minimum absolute atomic E-state index is 0.0568. The summed E-state index contributed by atoms with van der Waals surface area (Å²) in [4.78, 5) is 31.6. The van der Waals surface area contributed by atoms with Gasteiger partial charge in [0.05, 0.1) is 4.92 Å². The van der Waals surface area contributed by atoms with Gasteiger partial charge in [-0.25, -0.2) is 9.97 Å². The van der Waals surface area contributed by atoms with Crippen LogP contribution >= 0.6 is 11.8 Å². The summed E-state index contributed by atoms with van der Waals surface area (Å²) in [6, 6.07) is 7.68. The molecule has 0 N–H and O–H groups in total. The Bertz CT molecular complexity index is 984. The van der Waals surface area contributed by atoms with Crippen LogP contribution in [0.5, 0.6) is 0 Å². The first-order chi connectivity index (χ1) is 11.0. The highest BCUT2D eigenvalue weighted by Gasteiger charge is 2.13. The van der Waals surface area contributed by atoms with Crippen LogP contribution in [0.3, 0.4) is 0 Å². The highest BCUT2D eigenvalue weighted by molar-refractivity contribution is 7.98. The van der Waals surface area contributed by atoms with Gasteiger partial charge in [-0.15, -0.1) is 0 Å². The van der Waals surface area contributed by atoms with Crippen molar-refractivity contribution in [1.29, 1.82) is 0 Å². The van der Waals surface area contributed by atoms with Crippen molar-refractivity contribution in [3.05, 3.63) is 57.0 Å². The van der Waals surface area contributed by atoms with Gasteiger partial charge in [0.15, 0.2) is 5.16 Å². The van der Waals surface area contributed by atoms with Gasteiger partial charge in [-0.05, 0) is 17.9 Å². The zero-order chi connectivity index (χ0) is 16.6. The molecular formula is C15H12N4O3S. The van der Waals surface area contributed by atoms with Crippen LogP contribution in [-0.2, 0) is 7.05 Å². The summed E-state index contributed by atoms with van der Waals surface area (Å²) in [6.07, 6.45) is 3.51. The van der Waals surface area contributed by atoms with Crippen LogP contribution in [0.15, 0.2) is 46.5 Å². The van der Waals surface area contributed by atoms with Gasteiger partial charge in [0.25, 0.3) is 11.2 Å². The van der Waals surface area contributed by atoms with Crippen molar-refractivity contribution < 1.29 is 4.92 Å². The zero-order valence-corrected chi connectivity index (χ0v) is 13.2. The molecule has 0 unspecified atom stereocenters. The van der Waals surface area contributed by atoms with Crippen LogP contribution in [0.2, 0.25) is 0 Å². The van der Waals surface area contributed by atoms with Gasteiger partial charge in [0.2, 0.25) is 0 Å².